The molecule has 0 aliphatic heterocycles. The van der Waals surface area contributed by atoms with Gasteiger partial charge in [0.2, 0.25) is 0 Å². The molecule has 2 N–H and O–H groups in total. The zero-order valence-corrected chi connectivity index (χ0v) is 16.6. The zero-order valence-electron chi connectivity index (χ0n) is 15.8. The van der Waals surface area contributed by atoms with E-state index in [0.29, 0.717) is 23.3 Å². The first-order valence-electron chi connectivity index (χ1n) is 9.00. The quantitative estimate of drug-likeness (QED) is 0.693. The summed E-state index contributed by atoms with van der Waals surface area (Å²) in [7, 11) is 0. The molecule has 1 aliphatic carbocycles. The number of alkyl carbamates (subject to hydrolysis) is 1. The second kappa shape index (κ2) is 9.16. The first-order valence-corrected chi connectivity index (χ1v) is 10.2. The van der Waals surface area contributed by atoms with Gasteiger partial charge in [0.15, 0.2) is 0 Å². The Hall–Kier alpha value is -0.420. The van der Waals surface area contributed by atoms with Crippen molar-refractivity contribution in [1.82, 2.24) is 10.6 Å². The van der Waals surface area contributed by atoms with Gasteiger partial charge in [0.1, 0.15) is 5.60 Å². The molecular formula is C18H36N2O2S. The van der Waals surface area contributed by atoms with Crippen LogP contribution in [0.25, 0.3) is 0 Å². The summed E-state index contributed by atoms with van der Waals surface area (Å²) in [6.45, 7) is 12.0. The molecule has 1 aliphatic rings. The first-order chi connectivity index (χ1) is 10.7. The Morgan fingerprint density at radius 3 is 2.39 bits per heavy atom. The van der Waals surface area contributed by atoms with E-state index in [0.717, 1.165) is 6.54 Å². The number of amides is 1. The Morgan fingerprint density at radius 1 is 1.22 bits per heavy atom. The van der Waals surface area contributed by atoms with E-state index in [1.807, 2.05) is 32.5 Å². The Morgan fingerprint density at radius 2 is 1.87 bits per heavy atom. The lowest BCUT2D eigenvalue weighted by molar-refractivity contribution is 0.0517. The number of hydrogen-bond donors (Lipinski definition) is 2. The molecule has 5 heteroatoms. The van der Waals surface area contributed by atoms with Crippen molar-refractivity contribution in [2.45, 2.75) is 83.1 Å². The minimum atomic E-state index is -0.433. The van der Waals surface area contributed by atoms with Gasteiger partial charge in [-0.2, -0.15) is 11.8 Å². The van der Waals surface area contributed by atoms with Crippen LogP contribution in [0.1, 0.15) is 66.7 Å². The van der Waals surface area contributed by atoms with Crippen molar-refractivity contribution in [2.24, 2.45) is 5.92 Å². The molecule has 1 rings (SSSR count). The molecule has 0 saturated heterocycles. The van der Waals surface area contributed by atoms with Crippen molar-refractivity contribution in [1.29, 1.82) is 0 Å². The highest BCUT2D eigenvalue weighted by atomic mass is 32.2. The normalized spacial score (nSPS) is 22.2. The molecule has 1 fully saturated rings. The second-order valence-corrected chi connectivity index (χ2v) is 8.93. The SMILES string of the molecule is CCC(CC)(CNC1CCCC1CNC(=O)OC(C)(C)C)SC. The molecule has 0 bridgehead atoms. The number of carbonyl (C=O) groups excluding carboxylic acids is 1. The molecule has 2 unspecified atom stereocenters. The number of rotatable bonds is 8. The maximum atomic E-state index is 11.8. The maximum absolute atomic E-state index is 11.8. The molecule has 0 radical (unpaired) electrons. The molecule has 0 aromatic carbocycles. The number of ether oxygens (including phenoxy) is 1. The van der Waals surface area contributed by atoms with Crippen LogP contribution in [0.5, 0.6) is 0 Å². The average molecular weight is 345 g/mol. The molecule has 0 aromatic heterocycles. The lowest BCUT2D eigenvalue weighted by atomic mass is 9.99. The zero-order chi connectivity index (χ0) is 17.5. The van der Waals surface area contributed by atoms with Crippen molar-refractivity contribution < 1.29 is 9.53 Å². The van der Waals surface area contributed by atoms with Crippen LogP contribution >= 0.6 is 11.8 Å². The van der Waals surface area contributed by atoms with Crippen LogP contribution in [-0.4, -0.2) is 41.8 Å². The molecule has 4 nitrogen and oxygen atoms in total. The fourth-order valence-electron chi connectivity index (χ4n) is 3.26. The summed E-state index contributed by atoms with van der Waals surface area (Å²) >= 11 is 1.97. The van der Waals surface area contributed by atoms with Crippen LogP contribution in [-0.2, 0) is 4.74 Å². The predicted molar refractivity (Wildman–Crippen MR) is 100 cm³/mol. The highest BCUT2D eigenvalue weighted by Crippen LogP contribution is 2.31. The molecule has 1 saturated carbocycles. The lowest BCUT2D eigenvalue weighted by Crippen LogP contribution is -2.45. The maximum Gasteiger partial charge on any atom is 0.407 e. The van der Waals surface area contributed by atoms with Crippen molar-refractivity contribution in [3.63, 3.8) is 0 Å². The number of hydrogen-bond acceptors (Lipinski definition) is 4. The highest BCUT2D eigenvalue weighted by Gasteiger charge is 2.31. The van der Waals surface area contributed by atoms with E-state index in [-0.39, 0.29) is 6.09 Å². The Labute approximate surface area is 146 Å². The average Bonchev–Trinajstić information content (AvgIpc) is 2.93. The molecule has 23 heavy (non-hydrogen) atoms. The minimum absolute atomic E-state index is 0.302. The van der Waals surface area contributed by atoms with E-state index < -0.39 is 5.60 Å². The van der Waals surface area contributed by atoms with Gasteiger partial charge < -0.3 is 15.4 Å². The summed E-state index contributed by atoms with van der Waals surface area (Å²) in [5.41, 5.74) is -0.433. The van der Waals surface area contributed by atoms with Gasteiger partial charge in [0.05, 0.1) is 0 Å². The topological polar surface area (TPSA) is 50.4 Å². The van der Waals surface area contributed by atoms with E-state index >= 15 is 0 Å². The van der Waals surface area contributed by atoms with Crippen molar-refractivity contribution in [3.05, 3.63) is 0 Å². The van der Waals surface area contributed by atoms with Crippen molar-refractivity contribution in [3.8, 4) is 0 Å². The van der Waals surface area contributed by atoms with Gasteiger partial charge in [-0.1, -0.05) is 20.3 Å². The third-order valence-corrected chi connectivity index (χ3v) is 6.56. The lowest BCUT2D eigenvalue weighted by Gasteiger charge is -2.33. The standard InChI is InChI=1S/C18H36N2O2S/c1-7-18(8-2,23-6)13-20-15-11-9-10-14(15)12-19-16(21)22-17(3,4)5/h14-15,20H,7-13H2,1-6H3,(H,19,21). The van der Waals surface area contributed by atoms with Gasteiger partial charge in [-0.3, -0.25) is 0 Å². The molecule has 136 valence electrons. The summed E-state index contributed by atoms with van der Waals surface area (Å²) in [5.74, 6) is 0.510. The van der Waals surface area contributed by atoms with E-state index in [2.05, 4.69) is 30.7 Å². The van der Waals surface area contributed by atoms with Crippen LogP contribution in [0.4, 0.5) is 4.79 Å². The van der Waals surface area contributed by atoms with E-state index in [9.17, 15) is 4.79 Å². The molecule has 0 aromatic rings. The largest absolute Gasteiger partial charge is 0.444 e. The number of thioether (sulfide) groups is 1. The molecule has 1 amide bonds. The summed E-state index contributed by atoms with van der Waals surface area (Å²) in [6, 6.07) is 0.509. The molecular weight excluding hydrogens is 308 g/mol. The third kappa shape index (κ3) is 6.92. The minimum Gasteiger partial charge on any atom is -0.444 e. The second-order valence-electron chi connectivity index (χ2n) is 7.66. The first kappa shape index (κ1) is 20.6. The Kier molecular flexibility index (Phi) is 8.22. The summed E-state index contributed by atoms with van der Waals surface area (Å²) in [6.07, 6.45) is 7.91. The Bertz CT molecular complexity index is 356. The van der Waals surface area contributed by atoms with Crippen LogP contribution in [0.2, 0.25) is 0 Å². The van der Waals surface area contributed by atoms with Crippen molar-refractivity contribution in [2.75, 3.05) is 19.3 Å². The van der Waals surface area contributed by atoms with Crippen LogP contribution in [0, 0.1) is 5.92 Å². The van der Waals surface area contributed by atoms with Gasteiger partial charge >= 0.3 is 6.09 Å². The predicted octanol–water partition coefficient (Wildman–Crippen LogP) is 4.19. The Balaban J connectivity index is 2.43. The van der Waals surface area contributed by atoms with Gasteiger partial charge in [-0.15, -0.1) is 0 Å². The van der Waals surface area contributed by atoms with Crippen LogP contribution < -0.4 is 10.6 Å². The smallest absolute Gasteiger partial charge is 0.407 e. The van der Waals surface area contributed by atoms with Gasteiger partial charge in [0, 0.05) is 23.9 Å². The molecule has 0 spiro atoms. The van der Waals surface area contributed by atoms with E-state index in [4.69, 9.17) is 4.74 Å². The van der Waals surface area contributed by atoms with Gasteiger partial charge in [-0.05, 0) is 58.6 Å². The number of carbonyl (C=O) groups is 1. The highest BCUT2D eigenvalue weighted by molar-refractivity contribution is 8.00. The monoisotopic (exact) mass is 344 g/mol. The summed E-state index contributed by atoms with van der Waals surface area (Å²) < 4.78 is 5.66. The molecule has 0 heterocycles. The molecule has 2 atom stereocenters. The number of nitrogens with one attached hydrogen (secondary N) is 2. The van der Waals surface area contributed by atoms with Gasteiger partial charge in [-0.25, -0.2) is 4.79 Å². The third-order valence-electron chi connectivity index (χ3n) is 4.97. The fourth-order valence-corrected chi connectivity index (χ4v) is 4.06. The van der Waals surface area contributed by atoms with Crippen molar-refractivity contribution >= 4 is 17.9 Å². The summed E-state index contributed by atoms with van der Waals surface area (Å²) in [5, 5.41) is 6.73. The van der Waals surface area contributed by atoms with E-state index in [1.54, 1.807) is 0 Å². The van der Waals surface area contributed by atoms with Gasteiger partial charge in [0.25, 0.3) is 0 Å². The fraction of sp³-hybridized carbons (Fsp3) is 0.944. The van der Waals surface area contributed by atoms with E-state index in [1.165, 1.54) is 32.1 Å². The van der Waals surface area contributed by atoms with Crippen LogP contribution in [0.15, 0.2) is 0 Å². The summed E-state index contributed by atoms with van der Waals surface area (Å²) in [4.78, 5) is 11.8. The van der Waals surface area contributed by atoms with Crippen LogP contribution in [0.3, 0.4) is 0 Å².